The fraction of sp³-hybridized carbons (Fsp3) is 0.286. The molecular formula is C21H22FN3O2. The summed E-state index contributed by atoms with van der Waals surface area (Å²) >= 11 is 0. The van der Waals surface area contributed by atoms with Crippen LogP contribution in [0.4, 0.5) is 21.5 Å². The summed E-state index contributed by atoms with van der Waals surface area (Å²) in [5.41, 5.74) is 3.71. The van der Waals surface area contributed by atoms with Crippen molar-refractivity contribution in [3.8, 4) is 0 Å². The van der Waals surface area contributed by atoms with E-state index in [-0.39, 0.29) is 23.9 Å². The molecule has 2 heterocycles. The smallest absolute Gasteiger partial charge is 0.257 e. The molecule has 0 bridgehead atoms. The van der Waals surface area contributed by atoms with Crippen LogP contribution in [0.15, 0.2) is 48.7 Å². The summed E-state index contributed by atoms with van der Waals surface area (Å²) in [4.78, 5) is 14.4. The van der Waals surface area contributed by atoms with E-state index < -0.39 is 0 Å². The van der Waals surface area contributed by atoms with Crippen molar-refractivity contribution in [3.05, 3.63) is 60.0 Å². The number of nitrogens with zero attached hydrogens (tertiary/aromatic N) is 1. The lowest BCUT2D eigenvalue weighted by atomic mass is 10.1. The van der Waals surface area contributed by atoms with Gasteiger partial charge < -0.3 is 20.3 Å². The van der Waals surface area contributed by atoms with Gasteiger partial charge in [0.15, 0.2) is 0 Å². The number of rotatable bonds is 3. The number of nitrogens with one attached hydrogen (secondary N) is 2. The molecule has 2 unspecified atom stereocenters. The minimum absolute atomic E-state index is 0.210. The second-order valence-corrected chi connectivity index (χ2v) is 7.06. The lowest BCUT2D eigenvalue weighted by Crippen LogP contribution is -2.45. The standard InChI is InChI=1S/C21H22FN3O2/c1-13-11-25(12-14(2)27-13)17-6-4-16(5-7-17)23-10-19-18-8-3-15(22)9-20(18)24-21(19)26/h3-10,13-14,23H,11-12H2,1-2H3,(H,24,26). The van der Waals surface area contributed by atoms with Crippen molar-refractivity contribution >= 4 is 28.5 Å². The number of amides is 1. The Labute approximate surface area is 157 Å². The molecule has 2 aliphatic heterocycles. The van der Waals surface area contributed by atoms with E-state index in [4.69, 9.17) is 4.74 Å². The topological polar surface area (TPSA) is 53.6 Å². The Kier molecular flexibility index (Phi) is 4.58. The van der Waals surface area contributed by atoms with Gasteiger partial charge >= 0.3 is 0 Å². The monoisotopic (exact) mass is 367 g/mol. The number of carbonyl (C=O) groups is 1. The highest BCUT2D eigenvalue weighted by atomic mass is 19.1. The molecule has 5 nitrogen and oxygen atoms in total. The number of hydrogen-bond acceptors (Lipinski definition) is 4. The number of fused-ring (bicyclic) bond motifs is 1. The summed E-state index contributed by atoms with van der Waals surface area (Å²) in [6.07, 6.45) is 2.08. The molecule has 1 amide bonds. The third-order valence-corrected chi connectivity index (χ3v) is 4.80. The van der Waals surface area contributed by atoms with Gasteiger partial charge in [-0.15, -0.1) is 0 Å². The second kappa shape index (κ2) is 7.04. The molecule has 6 heteroatoms. The zero-order valence-corrected chi connectivity index (χ0v) is 15.3. The molecule has 140 valence electrons. The van der Waals surface area contributed by atoms with Crippen LogP contribution in [0.2, 0.25) is 0 Å². The summed E-state index contributed by atoms with van der Waals surface area (Å²) in [6, 6.07) is 12.4. The Balaban J connectivity index is 1.48. The Bertz CT molecular complexity index is 885. The van der Waals surface area contributed by atoms with Gasteiger partial charge in [0.25, 0.3) is 5.91 Å². The van der Waals surface area contributed by atoms with E-state index in [9.17, 15) is 9.18 Å². The first kappa shape index (κ1) is 17.5. The van der Waals surface area contributed by atoms with Crippen molar-refractivity contribution in [1.82, 2.24) is 0 Å². The minimum Gasteiger partial charge on any atom is -0.372 e. The number of ether oxygens (including phenoxy) is 1. The molecule has 0 spiro atoms. The number of benzene rings is 2. The van der Waals surface area contributed by atoms with Crippen LogP contribution in [0.25, 0.3) is 5.57 Å². The molecule has 0 aliphatic carbocycles. The molecule has 0 aromatic heterocycles. The fourth-order valence-corrected chi connectivity index (χ4v) is 3.62. The van der Waals surface area contributed by atoms with Gasteiger partial charge in [-0.3, -0.25) is 4.79 Å². The lowest BCUT2D eigenvalue weighted by Gasteiger charge is -2.36. The molecule has 4 rings (SSSR count). The van der Waals surface area contributed by atoms with Crippen LogP contribution in [0.3, 0.4) is 0 Å². The van der Waals surface area contributed by atoms with Crippen molar-refractivity contribution in [3.63, 3.8) is 0 Å². The van der Waals surface area contributed by atoms with Crippen LogP contribution in [0.5, 0.6) is 0 Å². The van der Waals surface area contributed by atoms with E-state index >= 15 is 0 Å². The number of hydrogen-bond donors (Lipinski definition) is 2. The first-order valence-electron chi connectivity index (χ1n) is 9.08. The van der Waals surface area contributed by atoms with E-state index in [1.165, 1.54) is 12.1 Å². The summed E-state index contributed by atoms with van der Waals surface area (Å²) in [6.45, 7) is 5.91. The van der Waals surface area contributed by atoms with E-state index in [0.717, 1.165) is 24.5 Å². The maximum absolute atomic E-state index is 13.3. The summed E-state index contributed by atoms with van der Waals surface area (Å²) in [7, 11) is 0. The van der Waals surface area contributed by atoms with Crippen LogP contribution in [0, 0.1) is 5.82 Å². The van der Waals surface area contributed by atoms with Crippen LogP contribution in [-0.2, 0) is 9.53 Å². The normalized spacial score (nSPS) is 23.3. The van der Waals surface area contributed by atoms with E-state index in [1.54, 1.807) is 12.3 Å². The zero-order chi connectivity index (χ0) is 19.0. The molecule has 27 heavy (non-hydrogen) atoms. The first-order chi connectivity index (χ1) is 13.0. The van der Waals surface area contributed by atoms with Crippen LogP contribution in [-0.4, -0.2) is 31.2 Å². The van der Waals surface area contributed by atoms with Crippen LogP contribution in [0.1, 0.15) is 19.4 Å². The van der Waals surface area contributed by atoms with Crippen molar-refractivity contribution in [1.29, 1.82) is 0 Å². The number of carbonyl (C=O) groups excluding carboxylic acids is 1. The van der Waals surface area contributed by atoms with E-state index in [2.05, 4.69) is 41.5 Å². The summed E-state index contributed by atoms with van der Waals surface area (Å²) < 4.78 is 19.1. The van der Waals surface area contributed by atoms with Gasteiger partial charge in [0.1, 0.15) is 5.82 Å². The van der Waals surface area contributed by atoms with Crippen LogP contribution < -0.4 is 15.5 Å². The molecule has 2 aromatic rings. The largest absolute Gasteiger partial charge is 0.372 e. The van der Waals surface area contributed by atoms with Gasteiger partial charge in [-0.1, -0.05) is 0 Å². The second-order valence-electron chi connectivity index (χ2n) is 7.06. The average molecular weight is 367 g/mol. The summed E-state index contributed by atoms with van der Waals surface area (Å²) in [5.74, 6) is -0.610. The molecule has 2 aliphatic rings. The highest BCUT2D eigenvalue weighted by molar-refractivity contribution is 6.31. The predicted octanol–water partition coefficient (Wildman–Crippen LogP) is 3.84. The van der Waals surface area contributed by atoms with Gasteiger partial charge in [-0.05, 0) is 56.3 Å². The molecule has 0 radical (unpaired) electrons. The van der Waals surface area contributed by atoms with Gasteiger partial charge in [-0.2, -0.15) is 0 Å². The SMILES string of the molecule is CC1CN(c2ccc(NC=C3C(=O)Nc4cc(F)ccc43)cc2)CC(C)O1. The quantitative estimate of drug-likeness (QED) is 0.810. The van der Waals surface area contributed by atoms with Crippen molar-refractivity contribution in [2.45, 2.75) is 26.1 Å². The molecule has 0 saturated carbocycles. The lowest BCUT2D eigenvalue weighted by molar-refractivity contribution is -0.110. The van der Waals surface area contributed by atoms with Crippen molar-refractivity contribution in [2.24, 2.45) is 0 Å². The number of morpholine rings is 1. The Morgan fingerprint density at radius 3 is 2.56 bits per heavy atom. The van der Waals surface area contributed by atoms with Crippen molar-refractivity contribution < 1.29 is 13.9 Å². The number of anilines is 3. The Hall–Kier alpha value is -2.86. The fourth-order valence-electron chi connectivity index (χ4n) is 3.62. The molecule has 1 fully saturated rings. The molecular weight excluding hydrogens is 345 g/mol. The third-order valence-electron chi connectivity index (χ3n) is 4.80. The molecule has 2 N–H and O–H groups in total. The molecule has 2 atom stereocenters. The van der Waals surface area contributed by atoms with Gasteiger partial charge in [0, 0.05) is 36.2 Å². The van der Waals surface area contributed by atoms with Gasteiger partial charge in [0.05, 0.1) is 23.5 Å². The maximum atomic E-state index is 13.3. The van der Waals surface area contributed by atoms with E-state index in [1.807, 2.05) is 12.1 Å². The number of halogens is 1. The zero-order valence-electron chi connectivity index (χ0n) is 15.3. The van der Waals surface area contributed by atoms with E-state index in [0.29, 0.717) is 16.8 Å². The average Bonchev–Trinajstić information content (AvgIpc) is 2.93. The Morgan fingerprint density at radius 1 is 1.15 bits per heavy atom. The third kappa shape index (κ3) is 3.66. The van der Waals surface area contributed by atoms with Crippen molar-refractivity contribution in [2.75, 3.05) is 28.6 Å². The highest BCUT2D eigenvalue weighted by Crippen LogP contribution is 2.32. The molecule has 2 aromatic carbocycles. The highest BCUT2D eigenvalue weighted by Gasteiger charge is 2.24. The predicted molar refractivity (Wildman–Crippen MR) is 105 cm³/mol. The maximum Gasteiger partial charge on any atom is 0.257 e. The van der Waals surface area contributed by atoms with Gasteiger partial charge in [-0.25, -0.2) is 4.39 Å². The molecule has 1 saturated heterocycles. The van der Waals surface area contributed by atoms with Crippen LogP contribution >= 0.6 is 0 Å². The Morgan fingerprint density at radius 2 is 1.85 bits per heavy atom. The van der Waals surface area contributed by atoms with Gasteiger partial charge in [0.2, 0.25) is 0 Å². The summed E-state index contributed by atoms with van der Waals surface area (Å²) in [5, 5.41) is 5.84. The first-order valence-corrected chi connectivity index (χ1v) is 9.08. The minimum atomic E-state index is -0.370.